The van der Waals surface area contributed by atoms with Gasteiger partial charge in [-0.25, -0.2) is 5.01 Å². The molecule has 2 heterocycles. The summed E-state index contributed by atoms with van der Waals surface area (Å²) in [5.41, 5.74) is 3.96. The van der Waals surface area contributed by atoms with Gasteiger partial charge in [-0.3, -0.25) is 10.1 Å². The number of ether oxygens (including phenoxy) is 2. The highest BCUT2D eigenvalue weighted by Crippen LogP contribution is 2.47. The van der Waals surface area contributed by atoms with Gasteiger partial charge in [0.2, 0.25) is 6.23 Å². The molecule has 150 valence electrons. The molecule has 3 aromatic carbocycles. The van der Waals surface area contributed by atoms with Gasteiger partial charge in [0.25, 0.3) is 5.69 Å². The van der Waals surface area contributed by atoms with E-state index in [1.54, 1.807) is 19.2 Å². The molecule has 0 spiro atoms. The van der Waals surface area contributed by atoms with Crippen LogP contribution in [0.15, 0.2) is 77.9 Å². The molecule has 0 radical (unpaired) electrons. The summed E-state index contributed by atoms with van der Waals surface area (Å²) in [5.74, 6) is 1.61. The number of fused-ring (bicyclic) bond motifs is 3. The molecule has 3 aromatic rings. The fourth-order valence-corrected chi connectivity index (χ4v) is 3.97. The van der Waals surface area contributed by atoms with Gasteiger partial charge >= 0.3 is 0 Å². The second-order valence-electron chi connectivity index (χ2n) is 7.23. The third-order valence-electron chi connectivity index (χ3n) is 5.51. The topological polar surface area (TPSA) is 77.2 Å². The number of nitrogens with zero attached hydrogens (tertiary/aromatic N) is 3. The van der Waals surface area contributed by atoms with Crippen molar-refractivity contribution < 1.29 is 14.4 Å². The predicted octanol–water partition coefficient (Wildman–Crippen LogP) is 4.85. The van der Waals surface area contributed by atoms with Gasteiger partial charge in [-0.05, 0) is 48.0 Å². The summed E-state index contributed by atoms with van der Waals surface area (Å²) in [6, 6.07) is 22.3. The highest BCUT2D eigenvalue weighted by molar-refractivity contribution is 6.02. The number of hydrogen-bond donors (Lipinski definition) is 0. The Morgan fingerprint density at radius 3 is 2.50 bits per heavy atom. The van der Waals surface area contributed by atoms with Crippen molar-refractivity contribution in [2.45, 2.75) is 18.7 Å². The molecule has 2 aliphatic heterocycles. The zero-order chi connectivity index (χ0) is 20.7. The molecular weight excluding hydrogens is 382 g/mol. The molecule has 7 nitrogen and oxygen atoms in total. The third kappa shape index (κ3) is 3.04. The van der Waals surface area contributed by atoms with Gasteiger partial charge in [0, 0.05) is 29.7 Å². The fourth-order valence-electron chi connectivity index (χ4n) is 3.97. The second-order valence-corrected chi connectivity index (χ2v) is 7.23. The monoisotopic (exact) mass is 401 g/mol. The van der Waals surface area contributed by atoms with E-state index in [2.05, 4.69) is 6.07 Å². The van der Waals surface area contributed by atoms with Gasteiger partial charge in [0.05, 0.1) is 23.8 Å². The predicted molar refractivity (Wildman–Crippen MR) is 112 cm³/mol. The Morgan fingerprint density at radius 1 is 1.07 bits per heavy atom. The zero-order valence-electron chi connectivity index (χ0n) is 16.3. The van der Waals surface area contributed by atoms with E-state index in [1.807, 2.05) is 47.5 Å². The van der Waals surface area contributed by atoms with Gasteiger partial charge in [-0.15, -0.1) is 0 Å². The lowest BCUT2D eigenvalue weighted by atomic mass is 9.96. The smallest absolute Gasteiger partial charge is 0.269 e. The Labute approximate surface area is 173 Å². The number of hydrazone groups is 1. The van der Waals surface area contributed by atoms with E-state index in [0.29, 0.717) is 0 Å². The Morgan fingerprint density at radius 2 is 1.80 bits per heavy atom. The molecule has 0 saturated heterocycles. The van der Waals surface area contributed by atoms with Crippen LogP contribution in [0, 0.1) is 10.1 Å². The highest BCUT2D eigenvalue weighted by Gasteiger charge is 2.40. The molecule has 2 aliphatic rings. The average Bonchev–Trinajstić information content (AvgIpc) is 3.24. The van der Waals surface area contributed by atoms with Crippen LogP contribution in [0.2, 0.25) is 0 Å². The van der Waals surface area contributed by atoms with Crippen molar-refractivity contribution in [3.63, 3.8) is 0 Å². The number of nitro groups is 1. The van der Waals surface area contributed by atoms with Crippen molar-refractivity contribution in [1.29, 1.82) is 0 Å². The van der Waals surface area contributed by atoms with Crippen LogP contribution in [0.3, 0.4) is 0 Å². The minimum Gasteiger partial charge on any atom is -0.497 e. The van der Waals surface area contributed by atoms with Crippen LogP contribution in [0.4, 0.5) is 5.69 Å². The average molecular weight is 401 g/mol. The van der Waals surface area contributed by atoms with Crippen molar-refractivity contribution >= 4 is 11.4 Å². The third-order valence-corrected chi connectivity index (χ3v) is 5.51. The molecule has 0 N–H and O–H groups in total. The molecule has 0 bridgehead atoms. The Bertz CT molecular complexity index is 1130. The summed E-state index contributed by atoms with van der Waals surface area (Å²) in [6.45, 7) is 0. The lowest BCUT2D eigenvalue weighted by Crippen LogP contribution is -2.33. The minimum absolute atomic E-state index is 0.0345. The maximum Gasteiger partial charge on any atom is 0.269 e. The minimum atomic E-state index is -0.457. The van der Waals surface area contributed by atoms with Crippen molar-refractivity contribution in [3.05, 3.63) is 99.6 Å². The van der Waals surface area contributed by atoms with Crippen molar-refractivity contribution in [2.75, 3.05) is 7.11 Å². The summed E-state index contributed by atoms with van der Waals surface area (Å²) in [6.07, 6.45) is 0.289. The fraction of sp³-hybridized carbons (Fsp3) is 0.174. The van der Waals surface area contributed by atoms with Crippen LogP contribution in [-0.4, -0.2) is 22.8 Å². The Hall–Kier alpha value is -3.87. The molecule has 0 saturated carbocycles. The van der Waals surface area contributed by atoms with Crippen LogP contribution in [0.25, 0.3) is 0 Å². The summed E-state index contributed by atoms with van der Waals surface area (Å²) < 4.78 is 11.5. The largest absolute Gasteiger partial charge is 0.497 e. The number of nitro benzene ring substituents is 1. The van der Waals surface area contributed by atoms with E-state index >= 15 is 0 Å². The summed E-state index contributed by atoms with van der Waals surface area (Å²) in [7, 11) is 1.64. The van der Waals surface area contributed by atoms with E-state index < -0.39 is 11.2 Å². The van der Waals surface area contributed by atoms with Crippen LogP contribution in [-0.2, 0) is 0 Å². The SMILES string of the molecule is COc1ccc(C2=NN3[C@H](C2)c2ccccc2O[C@@H]3c2ccc([N+](=O)[O-])cc2)cc1. The number of rotatable bonds is 4. The Balaban J connectivity index is 1.54. The molecule has 0 aromatic heterocycles. The highest BCUT2D eigenvalue weighted by atomic mass is 16.6. The first-order valence-corrected chi connectivity index (χ1v) is 9.64. The Kier molecular flexibility index (Phi) is 4.35. The standard InChI is InChI=1S/C23H19N3O4/c1-29-18-12-8-15(9-13-18)20-14-21-19-4-2-3-5-22(19)30-23(25(21)24-20)16-6-10-17(11-7-16)26(27)28/h2-13,21,23H,14H2,1H3/t21-,23-/m1/s1. The first-order valence-electron chi connectivity index (χ1n) is 9.64. The normalized spacial score (nSPS) is 19.4. The molecule has 0 fully saturated rings. The van der Waals surface area contributed by atoms with Crippen LogP contribution in [0.1, 0.15) is 35.4 Å². The van der Waals surface area contributed by atoms with Crippen molar-refractivity contribution in [1.82, 2.24) is 5.01 Å². The maximum atomic E-state index is 11.0. The van der Waals surface area contributed by atoms with Gasteiger partial charge in [0.1, 0.15) is 11.5 Å². The summed E-state index contributed by atoms with van der Waals surface area (Å²) in [4.78, 5) is 10.6. The van der Waals surface area contributed by atoms with Gasteiger partial charge < -0.3 is 9.47 Å². The van der Waals surface area contributed by atoms with E-state index in [-0.39, 0.29) is 11.7 Å². The van der Waals surface area contributed by atoms with E-state index in [9.17, 15) is 10.1 Å². The van der Waals surface area contributed by atoms with E-state index in [1.165, 1.54) is 12.1 Å². The number of hydrogen-bond acceptors (Lipinski definition) is 6. The van der Waals surface area contributed by atoms with Crippen LogP contribution >= 0.6 is 0 Å². The molecule has 0 unspecified atom stereocenters. The quantitative estimate of drug-likeness (QED) is 0.462. The molecule has 5 rings (SSSR count). The lowest BCUT2D eigenvalue weighted by Gasteiger charge is -2.38. The van der Waals surface area contributed by atoms with E-state index in [4.69, 9.17) is 14.6 Å². The van der Waals surface area contributed by atoms with Crippen molar-refractivity contribution in [2.24, 2.45) is 5.10 Å². The second kappa shape index (κ2) is 7.18. The number of methoxy groups -OCH3 is 1. The van der Waals surface area contributed by atoms with Crippen molar-refractivity contribution in [3.8, 4) is 11.5 Å². The van der Waals surface area contributed by atoms with Crippen LogP contribution < -0.4 is 9.47 Å². The lowest BCUT2D eigenvalue weighted by molar-refractivity contribution is -0.384. The number of para-hydroxylation sites is 1. The van der Waals surface area contributed by atoms with Gasteiger partial charge in [0.15, 0.2) is 0 Å². The zero-order valence-corrected chi connectivity index (χ0v) is 16.3. The maximum absolute atomic E-state index is 11.0. The van der Waals surface area contributed by atoms with Gasteiger partial charge in [-0.2, -0.15) is 5.10 Å². The number of benzene rings is 3. The molecule has 0 aliphatic carbocycles. The summed E-state index contributed by atoms with van der Waals surface area (Å²) >= 11 is 0. The first kappa shape index (κ1) is 18.2. The molecule has 2 atom stereocenters. The molecular formula is C23H19N3O4. The molecule has 7 heteroatoms. The first-order chi connectivity index (χ1) is 14.6. The van der Waals surface area contributed by atoms with Crippen LogP contribution in [0.5, 0.6) is 11.5 Å². The summed E-state index contributed by atoms with van der Waals surface area (Å²) in [5, 5.41) is 17.9. The van der Waals surface area contributed by atoms with Gasteiger partial charge in [-0.1, -0.05) is 18.2 Å². The molecule has 30 heavy (non-hydrogen) atoms. The molecule has 0 amide bonds. The number of non-ortho nitro benzene ring substituents is 1. The van der Waals surface area contributed by atoms with E-state index in [0.717, 1.165) is 40.3 Å².